The summed E-state index contributed by atoms with van der Waals surface area (Å²) in [6, 6.07) is 1.98. The standard InChI is InChI=1S/C15H19F3N2O3/c16-15(17,18)10-1-5-19-12(9-10)20-6-3-14(4-7-20)13(22)11(21)2-8-23-14/h1,5,9,11,13,21-22H,2-4,6-8H2/t11-,13-/m0/s1. The summed E-state index contributed by atoms with van der Waals surface area (Å²) in [5, 5.41) is 20.0. The fourth-order valence-corrected chi connectivity index (χ4v) is 3.30. The van der Waals surface area contributed by atoms with Gasteiger partial charge in [-0.2, -0.15) is 13.2 Å². The van der Waals surface area contributed by atoms with E-state index in [-0.39, 0.29) is 5.82 Å². The van der Waals surface area contributed by atoms with Crippen molar-refractivity contribution in [3.8, 4) is 0 Å². The molecule has 0 aliphatic carbocycles. The van der Waals surface area contributed by atoms with Crippen LogP contribution in [0.1, 0.15) is 24.8 Å². The highest BCUT2D eigenvalue weighted by molar-refractivity contribution is 5.42. The van der Waals surface area contributed by atoms with Crippen LogP contribution in [-0.4, -0.2) is 52.7 Å². The van der Waals surface area contributed by atoms with E-state index in [9.17, 15) is 23.4 Å². The van der Waals surface area contributed by atoms with E-state index < -0.39 is 29.5 Å². The molecular formula is C15H19F3N2O3. The van der Waals surface area contributed by atoms with Crippen LogP contribution in [0.4, 0.5) is 19.0 Å². The van der Waals surface area contributed by atoms with Gasteiger partial charge < -0.3 is 19.8 Å². The van der Waals surface area contributed by atoms with E-state index in [0.717, 1.165) is 18.3 Å². The zero-order valence-electron chi connectivity index (χ0n) is 12.5. The molecular weight excluding hydrogens is 313 g/mol. The summed E-state index contributed by atoms with van der Waals surface area (Å²) in [6.45, 7) is 1.20. The fraction of sp³-hybridized carbons (Fsp3) is 0.667. The quantitative estimate of drug-likeness (QED) is 0.817. The average molecular weight is 332 g/mol. The molecule has 1 aromatic rings. The van der Waals surface area contributed by atoms with Gasteiger partial charge in [-0.3, -0.25) is 0 Å². The van der Waals surface area contributed by atoms with E-state index in [0.29, 0.717) is 39.0 Å². The number of alkyl halides is 3. The lowest BCUT2D eigenvalue weighted by molar-refractivity contribution is -0.205. The summed E-state index contributed by atoms with van der Waals surface area (Å²) in [6.07, 6.45) is -3.77. The number of halogens is 3. The van der Waals surface area contributed by atoms with Crippen LogP contribution in [0.5, 0.6) is 0 Å². The first-order valence-electron chi connectivity index (χ1n) is 7.60. The summed E-state index contributed by atoms with van der Waals surface area (Å²) >= 11 is 0. The molecule has 0 saturated carbocycles. The van der Waals surface area contributed by atoms with E-state index in [1.807, 2.05) is 0 Å². The lowest BCUT2D eigenvalue weighted by Crippen LogP contribution is -2.60. The van der Waals surface area contributed by atoms with Crippen molar-refractivity contribution in [2.75, 3.05) is 24.6 Å². The van der Waals surface area contributed by atoms with Crippen LogP contribution in [0.3, 0.4) is 0 Å². The van der Waals surface area contributed by atoms with Crippen molar-refractivity contribution in [1.82, 2.24) is 4.98 Å². The van der Waals surface area contributed by atoms with E-state index >= 15 is 0 Å². The molecule has 23 heavy (non-hydrogen) atoms. The van der Waals surface area contributed by atoms with Crippen molar-refractivity contribution in [3.63, 3.8) is 0 Å². The Morgan fingerprint density at radius 1 is 1.26 bits per heavy atom. The van der Waals surface area contributed by atoms with Crippen LogP contribution >= 0.6 is 0 Å². The molecule has 0 unspecified atom stereocenters. The first kappa shape index (κ1) is 16.5. The summed E-state index contributed by atoms with van der Waals surface area (Å²) < 4.78 is 44.1. The Balaban J connectivity index is 1.72. The molecule has 1 aromatic heterocycles. The van der Waals surface area contributed by atoms with Crippen LogP contribution < -0.4 is 4.90 Å². The number of hydrogen-bond donors (Lipinski definition) is 2. The number of ether oxygens (including phenoxy) is 1. The molecule has 8 heteroatoms. The minimum Gasteiger partial charge on any atom is -0.390 e. The second kappa shape index (κ2) is 5.92. The molecule has 2 N–H and O–H groups in total. The van der Waals surface area contributed by atoms with E-state index in [4.69, 9.17) is 4.74 Å². The molecule has 2 fully saturated rings. The first-order valence-corrected chi connectivity index (χ1v) is 7.60. The Bertz CT molecular complexity index is 559. The van der Waals surface area contributed by atoms with Crippen molar-refractivity contribution in [2.45, 2.75) is 43.2 Å². The number of rotatable bonds is 1. The minimum atomic E-state index is -4.40. The van der Waals surface area contributed by atoms with E-state index in [1.165, 1.54) is 0 Å². The Kier molecular flexibility index (Phi) is 4.24. The number of piperidine rings is 1. The number of nitrogens with zero attached hydrogens (tertiary/aromatic N) is 2. The normalized spacial score (nSPS) is 28.1. The summed E-state index contributed by atoms with van der Waals surface area (Å²) in [5.41, 5.74) is -1.54. The molecule has 0 radical (unpaired) electrons. The van der Waals surface area contributed by atoms with Crippen LogP contribution in [0, 0.1) is 0 Å². The topological polar surface area (TPSA) is 65.8 Å². The average Bonchev–Trinajstić information content (AvgIpc) is 2.53. The highest BCUT2D eigenvalue weighted by Gasteiger charge is 2.47. The lowest BCUT2D eigenvalue weighted by Gasteiger charge is -2.48. The second-order valence-electron chi connectivity index (χ2n) is 6.10. The lowest BCUT2D eigenvalue weighted by atomic mass is 9.80. The van der Waals surface area contributed by atoms with Crippen LogP contribution in [0.2, 0.25) is 0 Å². The third-order valence-corrected chi connectivity index (χ3v) is 4.71. The molecule has 5 nitrogen and oxygen atoms in total. The van der Waals surface area contributed by atoms with Crippen molar-refractivity contribution < 1.29 is 28.1 Å². The zero-order chi connectivity index (χ0) is 16.7. The summed E-state index contributed by atoms with van der Waals surface area (Å²) in [4.78, 5) is 5.76. The van der Waals surface area contributed by atoms with Crippen molar-refractivity contribution in [3.05, 3.63) is 23.9 Å². The van der Waals surface area contributed by atoms with Gasteiger partial charge in [0.05, 0.1) is 23.9 Å². The van der Waals surface area contributed by atoms with Gasteiger partial charge in [-0.05, 0) is 31.4 Å². The largest absolute Gasteiger partial charge is 0.416 e. The number of aliphatic hydroxyl groups excluding tert-OH is 2. The number of anilines is 1. The van der Waals surface area contributed by atoms with Crippen molar-refractivity contribution in [2.24, 2.45) is 0 Å². The summed E-state index contributed by atoms with van der Waals surface area (Å²) in [7, 11) is 0. The van der Waals surface area contributed by atoms with Gasteiger partial charge in [0.2, 0.25) is 0 Å². The van der Waals surface area contributed by atoms with Gasteiger partial charge in [0.1, 0.15) is 11.9 Å². The third kappa shape index (κ3) is 3.15. The Hall–Kier alpha value is -1.38. The Labute approximate surface area is 131 Å². The van der Waals surface area contributed by atoms with Crippen molar-refractivity contribution >= 4 is 5.82 Å². The number of aromatic nitrogens is 1. The van der Waals surface area contributed by atoms with Crippen molar-refractivity contribution in [1.29, 1.82) is 0 Å². The molecule has 2 aliphatic heterocycles. The van der Waals surface area contributed by atoms with Gasteiger partial charge in [0.25, 0.3) is 0 Å². The van der Waals surface area contributed by atoms with Gasteiger partial charge in [-0.25, -0.2) is 4.98 Å². The van der Waals surface area contributed by atoms with Gasteiger partial charge in [0.15, 0.2) is 0 Å². The minimum absolute atomic E-state index is 0.264. The van der Waals surface area contributed by atoms with E-state index in [1.54, 1.807) is 4.90 Å². The fourth-order valence-electron chi connectivity index (χ4n) is 3.30. The monoisotopic (exact) mass is 332 g/mol. The van der Waals surface area contributed by atoms with Crippen LogP contribution in [0.25, 0.3) is 0 Å². The molecule has 0 bridgehead atoms. The third-order valence-electron chi connectivity index (χ3n) is 4.71. The number of aliphatic hydroxyl groups is 2. The Morgan fingerprint density at radius 3 is 2.61 bits per heavy atom. The molecule has 2 atom stereocenters. The highest BCUT2D eigenvalue weighted by atomic mass is 19.4. The molecule has 0 amide bonds. The smallest absolute Gasteiger partial charge is 0.390 e. The predicted molar refractivity (Wildman–Crippen MR) is 76.0 cm³/mol. The maximum atomic E-state index is 12.8. The highest BCUT2D eigenvalue weighted by Crippen LogP contribution is 2.37. The number of hydrogen-bond acceptors (Lipinski definition) is 5. The Morgan fingerprint density at radius 2 is 1.96 bits per heavy atom. The van der Waals surface area contributed by atoms with Gasteiger partial charge in [-0.15, -0.1) is 0 Å². The van der Waals surface area contributed by atoms with Crippen LogP contribution in [-0.2, 0) is 10.9 Å². The summed E-state index contributed by atoms with van der Waals surface area (Å²) in [5.74, 6) is 0.264. The molecule has 1 spiro atoms. The predicted octanol–water partition coefficient (Wildman–Crippen LogP) is 1.58. The molecule has 2 aliphatic rings. The second-order valence-corrected chi connectivity index (χ2v) is 6.10. The molecule has 2 saturated heterocycles. The van der Waals surface area contributed by atoms with E-state index in [2.05, 4.69) is 4.98 Å². The first-order chi connectivity index (χ1) is 10.8. The molecule has 0 aromatic carbocycles. The SMILES string of the molecule is O[C@H]1CCOC2(CCN(c3cc(C(F)(F)F)ccn3)CC2)[C@H]1O. The zero-order valence-corrected chi connectivity index (χ0v) is 12.5. The molecule has 3 rings (SSSR count). The van der Waals surface area contributed by atoms with Gasteiger partial charge >= 0.3 is 6.18 Å². The molecule has 3 heterocycles. The molecule has 128 valence electrons. The number of pyridine rings is 1. The van der Waals surface area contributed by atoms with Crippen LogP contribution in [0.15, 0.2) is 18.3 Å². The maximum absolute atomic E-state index is 12.8. The maximum Gasteiger partial charge on any atom is 0.416 e. The van der Waals surface area contributed by atoms with Gasteiger partial charge in [-0.1, -0.05) is 0 Å². The van der Waals surface area contributed by atoms with Gasteiger partial charge in [0, 0.05) is 19.3 Å².